The number of hydrogen-bond donors (Lipinski definition) is 2. The van der Waals surface area contributed by atoms with E-state index in [4.69, 9.17) is 11.5 Å². The number of hydrogen-bond acceptors (Lipinski definition) is 3. The van der Waals surface area contributed by atoms with Crippen molar-refractivity contribution in [2.24, 2.45) is 11.5 Å². The van der Waals surface area contributed by atoms with Crippen molar-refractivity contribution in [1.29, 1.82) is 0 Å². The van der Waals surface area contributed by atoms with Crippen LogP contribution in [0.4, 0.5) is 0 Å². The summed E-state index contributed by atoms with van der Waals surface area (Å²) < 4.78 is 0. The number of rotatable bonds is 3. The molecule has 1 fully saturated rings. The highest BCUT2D eigenvalue weighted by molar-refractivity contribution is 4.71. The van der Waals surface area contributed by atoms with Crippen LogP contribution in [0.1, 0.15) is 13.3 Å². The second-order valence-corrected chi connectivity index (χ2v) is 2.39. The zero-order chi connectivity index (χ0) is 7.82. The summed E-state index contributed by atoms with van der Waals surface area (Å²) in [5.74, 6) is 0. The SMILES string of the molecule is CCN.NCCCN1CC1. The lowest BCUT2D eigenvalue weighted by Gasteiger charge is -1.93. The van der Waals surface area contributed by atoms with Gasteiger partial charge in [-0.15, -0.1) is 0 Å². The highest BCUT2D eigenvalue weighted by atomic mass is 15.2. The summed E-state index contributed by atoms with van der Waals surface area (Å²) in [5, 5.41) is 0. The molecule has 0 amide bonds. The third-order valence-corrected chi connectivity index (χ3v) is 1.22. The summed E-state index contributed by atoms with van der Waals surface area (Å²) >= 11 is 0. The first-order chi connectivity index (χ1) is 4.85. The van der Waals surface area contributed by atoms with Crippen molar-refractivity contribution < 1.29 is 0 Å². The minimum absolute atomic E-state index is 0.750. The molecule has 0 atom stereocenters. The van der Waals surface area contributed by atoms with Gasteiger partial charge in [0.1, 0.15) is 0 Å². The largest absolute Gasteiger partial charge is 0.331 e. The van der Waals surface area contributed by atoms with Gasteiger partial charge >= 0.3 is 0 Å². The molecule has 0 unspecified atom stereocenters. The average Bonchev–Trinajstić information content (AvgIpc) is 2.68. The predicted molar refractivity (Wildman–Crippen MR) is 44.8 cm³/mol. The molecule has 3 heteroatoms. The monoisotopic (exact) mass is 145 g/mol. The Kier molecular flexibility index (Phi) is 6.91. The van der Waals surface area contributed by atoms with Gasteiger partial charge in [0, 0.05) is 13.1 Å². The van der Waals surface area contributed by atoms with Crippen molar-refractivity contribution >= 4 is 0 Å². The van der Waals surface area contributed by atoms with Crippen molar-refractivity contribution in [1.82, 2.24) is 4.90 Å². The fourth-order valence-corrected chi connectivity index (χ4v) is 0.609. The maximum atomic E-state index is 5.28. The lowest BCUT2D eigenvalue weighted by molar-refractivity contribution is 0.539. The van der Waals surface area contributed by atoms with Gasteiger partial charge in [0.05, 0.1) is 0 Å². The molecule has 0 aliphatic carbocycles. The van der Waals surface area contributed by atoms with Gasteiger partial charge in [0.2, 0.25) is 0 Å². The topological polar surface area (TPSA) is 55.0 Å². The summed E-state index contributed by atoms with van der Waals surface area (Å²) in [7, 11) is 0. The predicted octanol–water partition coefficient (Wildman–Crippen LogP) is -0.384. The van der Waals surface area contributed by atoms with Crippen molar-refractivity contribution in [3.05, 3.63) is 0 Å². The Labute approximate surface area is 63.4 Å². The normalized spacial score (nSPS) is 15.9. The van der Waals surface area contributed by atoms with Gasteiger partial charge in [-0.05, 0) is 26.1 Å². The van der Waals surface area contributed by atoms with Crippen molar-refractivity contribution in [3.63, 3.8) is 0 Å². The van der Waals surface area contributed by atoms with E-state index in [-0.39, 0.29) is 0 Å². The molecule has 1 rings (SSSR count). The first-order valence-corrected chi connectivity index (χ1v) is 3.97. The van der Waals surface area contributed by atoms with Gasteiger partial charge in [-0.25, -0.2) is 0 Å². The van der Waals surface area contributed by atoms with Gasteiger partial charge in [0.15, 0.2) is 0 Å². The fraction of sp³-hybridized carbons (Fsp3) is 1.00. The van der Waals surface area contributed by atoms with E-state index in [9.17, 15) is 0 Å². The Morgan fingerprint density at radius 3 is 2.10 bits per heavy atom. The van der Waals surface area contributed by atoms with Crippen LogP contribution in [0.5, 0.6) is 0 Å². The van der Waals surface area contributed by atoms with Crippen LogP contribution in [-0.2, 0) is 0 Å². The van der Waals surface area contributed by atoms with Gasteiger partial charge in [-0.1, -0.05) is 6.92 Å². The molecule has 0 bridgehead atoms. The first kappa shape index (κ1) is 9.88. The van der Waals surface area contributed by atoms with Crippen LogP contribution in [0.25, 0.3) is 0 Å². The quantitative estimate of drug-likeness (QED) is 0.532. The third kappa shape index (κ3) is 7.88. The molecule has 0 aromatic carbocycles. The van der Waals surface area contributed by atoms with Crippen LogP contribution < -0.4 is 11.5 Å². The van der Waals surface area contributed by atoms with E-state index in [1.807, 2.05) is 6.92 Å². The van der Waals surface area contributed by atoms with E-state index >= 15 is 0 Å². The summed E-state index contributed by atoms with van der Waals surface area (Å²) in [5.41, 5.74) is 10.1. The van der Waals surface area contributed by atoms with E-state index in [1.165, 1.54) is 26.1 Å². The van der Waals surface area contributed by atoms with Crippen molar-refractivity contribution in [2.45, 2.75) is 13.3 Å². The summed E-state index contributed by atoms with van der Waals surface area (Å²) in [6.07, 6.45) is 1.17. The molecule has 10 heavy (non-hydrogen) atoms. The highest BCUT2D eigenvalue weighted by Crippen LogP contribution is 2.01. The smallest absolute Gasteiger partial charge is 0.0110 e. The first-order valence-electron chi connectivity index (χ1n) is 3.97. The second-order valence-electron chi connectivity index (χ2n) is 2.39. The molecule has 1 saturated heterocycles. The second kappa shape index (κ2) is 6.99. The zero-order valence-corrected chi connectivity index (χ0v) is 6.84. The molecule has 3 nitrogen and oxygen atoms in total. The average molecular weight is 145 g/mol. The molecule has 1 aliphatic heterocycles. The molecule has 1 heterocycles. The molecule has 1 aliphatic rings. The number of nitrogens with zero attached hydrogens (tertiary/aromatic N) is 1. The van der Waals surface area contributed by atoms with Crippen molar-refractivity contribution in [2.75, 3.05) is 32.7 Å². The van der Waals surface area contributed by atoms with Gasteiger partial charge in [-0.3, -0.25) is 0 Å². The van der Waals surface area contributed by atoms with Crippen molar-refractivity contribution in [3.8, 4) is 0 Å². The van der Waals surface area contributed by atoms with Gasteiger partial charge in [0.25, 0.3) is 0 Å². The van der Waals surface area contributed by atoms with E-state index in [0.717, 1.165) is 13.1 Å². The Bertz CT molecular complexity index is 61.9. The van der Waals surface area contributed by atoms with E-state index in [2.05, 4.69) is 4.90 Å². The van der Waals surface area contributed by atoms with Crippen LogP contribution in [0.15, 0.2) is 0 Å². The molecule has 62 valence electrons. The van der Waals surface area contributed by atoms with Crippen LogP contribution >= 0.6 is 0 Å². The maximum Gasteiger partial charge on any atom is 0.0110 e. The summed E-state index contributed by atoms with van der Waals surface area (Å²) in [4.78, 5) is 2.38. The number of nitrogens with two attached hydrogens (primary N) is 2. The molecule has 4 N–H and O–H groups in total. The Morgan fingerprint density at radius 1 is 1.30 bits per heavy atom. The maximum absolute atomic E-state index is 5.28. The van der Waals surface area contributed by atoms with Crippen LogP contribution in [0, 0.1) is 0 Å². The standard InChI is InChI=1S/C5H12N2.C2H7N/c6-2-1-3-7-4-5-7;1-2-3/h1-6H2;2-3H2,1H3. The zero-order valence-electron chi connectivity index (χ0n) is 6.84. The van der Waals surface area contributed by atoms with Crippen LogP contribution in [0.3, 0.4) is 0 Å². The third-order valence-electron chi connectivity index (χ3n) is 1.22. The fourth-order valence-electron chi connectivity index (χ4n) is 0.609. The highest BCUT2D eigenvalue weighted by Gasteiger charge is 2.14. The van der Waals surface area contributed by atoms with E-state index < -0.39 is 0 Å². The summed E-state index contributed by atoms with van der Waals surface area (Å²) in [6, 6.07) is 0. The molecule has 0 saturated carbocycles. The molecular weight excluding hydrogens is 126 g/mol. The molecular formula is C7H19N3. The summed E-state index contributed by atoms with van der Waals surface area (Å²) in [6.45, 7) is 7.33. The molecule has 0 aromatic rings. The molecule has 0 aromatic heterocycles. The lowest BCUT2D eigenvalue weighted by atomic mass is 10.4. The molecule has 0 radical (unpaired) electrons. The Balaban J connectivity index is 0.000000236. The Hall–Kier alpha value is -0.120. The van der Waals surface area contributed by atoms with Gasteiger partial charge < -0.3 is 16.4 Å². The van der Waals surface area contributed by atoms with Crippen LogP contribution in [-0.4, -0.2) is 37.6 Å². The lowest BCUT2D eigenvalue weighted by Crippen LogP contribution is -2.06. The van der Waals surface area contributed by atoms with E-state index in [1.54, 1.807) is 0 Å². The van der Waals surface area contributed by atoms with E-state index in [0.29, 0.717) is 0 Å². The minimum Gasteiger partial charge on any atom is -0.331 e. The molecule has 0 spiro atoms. The van der Waals surface area contributed by atoms with Crippen LogP contribution in [0.2, 0.25) is 0 Å². The Morgan fingerprint density at radius 2 is 1.80 bits per heavy atom. The minimum atomic E-state index is 0.750. The van der Waals surface area contributed by atoms with Gasteiger partial charge in [-0.2, -0.15) is 0 Å².